The summed E-state index contributed by atoms with van der Waals surface area (Å²) < 4.78 is 5.40. The van der Waals surface area contributed by atoms with Gasteiger partial charge in [0.05, 0.1) is 5.56 Å². The van der Waals surface area contributed by atoms with Crippen LogP contribution < -0.4 is 4.74 Å². The van der Waals surface area contributed by atoms with E-state index in [0.717, 1.165) is 12.8 Å². The number of phenolic OH excluding ortho intramolecular Hbond substituents is 2. The number of phenols is 2. The molecule has 0 heterocycles. The first kappa shape index (κ1) is 20.2. The van der Waals surface area contributed by atoms with Crippen molar-refractivity contribution in [1.29, 1.82) is 0 Å². The third-order valence-electron chi connectivity index (χ3n) is 6.20. The number of aliphatic hydroxyl groups excluding tert-OH is 1. The lowest BCUT2D eigenvalue weighted by molar-refractivity contribution is -0.132. The van der Waals surface area contributed by atoms with Gasteiger partial charge in [-0.15, -0.1) is 0 Å². The van der Waals surface area contributed by atoms with Crippen molar-refractivity contribution in [2.75, 3.05) is 0 Å². The number of aliphatic hydroxyl groups is 1. The van der Waals surface area contributed by atoms with Gasteiger partial charge in [-0.1, -0.05) is 41.0 Å². The van der Waals surface area contributed by atoms with Gasteiger partial charge in [0.25, 0.3) is 0 Å². The number of benzene rings is 1. The molecule has 0 saturated heterocycles. The summed E-state index contributed by atoms with van der Waals surface area (Å²) in [6.07, 6.45) is 2.20. The number of ether oxygens (including phenoxy) is 1. The fourth-order valence-electron chi connectivity index (χ4n) is 5.20. The molecule has 6 nitrogen and oxygen atoms in total. The normalized spacial score (nSPS) is 23.5. The molecule has 0 unspecified atom stereocenters. The Morgan fingerprint density at radius 3 is 2.21 bits per heavy atom. The number of rotatable bonds is 2. The van der Waals surface area contributed by atoms with Gasteiger partial charge in [0.1, 0.15) is 5.75 Å². The molecule has 2 aliphatic carbocycles. The number of esters is 1. The average Bonchev–Trinajstić information content (AvgIpc) is 2.53. The lowest BCUT2D eigenvalue weighted by Crippen LogP contribution is -2.44. The van der Waals surface area contributed by atoms with Crippen LogP contribution in [0.15, 0.2) is 11.3 Å². The SMILES string of the molecule is CC(=O)Oc1c(O)c(C(C)C)c(O)c2c1[C@]1(C)CCCC(C)(C)C1=C(O)C2=O. The Bertz CT molecular complexity index is 922. The Kier molecular flexibility index (Phi) is 4.52. The predicted octanol–water partition coefficient (Wildman–Crippen LogP) is 4.62. The van der Waals surface area contributed by atoms with Crippen molar-refractivity contribution in [1.82, 2.24) is 0 Å². The second-order valence-corrected chi connectivity index (χ2v) is 9.06. The fourth-order valence-corrected chi connectivity index (χ4v) is 5.20. The first-order chi connectivity index (χ1) is 12.8. The van der Waals surface area contributed by atoms with Gasteiger partial charge in [-0.2, -0.15) is 0 Å². The smallest absolute Gasteiger partial charge is 0.308 e. The van der Waals surface area contributed by atoms with Crippen LogP contribution in [0.2, 0.25) is 0 Å². The highest BCUT2D eigenvalue weighted by Crippen LogP contribution is 2.61. The van der Waals surface area contributed by atoms with E-state index in [4.69, 9.17) is 4.74 Å². The van der Waals surface area contributed by atoms with E-state index in [0.29, 0.717) is 12.0 Å². The molecule has 3 rings (SSSR count). The fraction of sp³-hybridized carbons (Fsp3) is 0.545. The molecule has 0 aliphatic heterocycles. The number of Topliss-reactive ketones (excluding diaryl/α,β-unsaturated/α-hetero) is 1. The Labute approximate surface area is 164 Å². The molecule has 2 aliphatic rings. The number of hydrogen-bond acceptors (Lipinski definition) is 6. The van der Waals surface area contributed by atoms with E-state index in [1.54, 1.807) is 13.8 Å². The van der Waals surface area contributed by atoms with Crippen LogP contribution in [0.1, 0.15) is 88.2 Å². The van der Waals surface area contributed by atoms with E-state index >= 15 is 0 Å². The van der Waals surface area contributed by atoms with Gasteiger partial charge in [-0.05, 0) is 29.7 Å². The van der Waals surface area contributed by atoms with Crippen LogP contribution in [-0.2, 0) is 10.2 Å². The molecule has 1 saturated carbocycles. The second kappa shape index (κ2) is 6.26. The van der Waals surface area contributed by atoms with Gasteiger partial charge in [0, 0.05) is 23.5 Å². The molecule has 152 valence electrons. The molecule has 3 N–H and O–H groups in total. The summed E-state index contributed by atoms with van der Waals surface area (Å²) in [5, 5.41) is 32.7. The molecule has 6 heteroatoms. The molecule has 1 fully saturated rings. The molecule has 1 aromatic carbocycles. The molecule has 0 aromatic heterocycles. The highest BCUT2D eigenvalue weighted by Gasteiger charge is 2.53. The van der Waals surface area contributed by atoms with Crippen LogP contribution in [0.25, 0.3) is 0 Å². The minimum atomic E-state index is -0.857. The van der Waals surface area contributed by atoms with Crippen LogP contribution in [-0.4, -0.2) is 27.1 Å². The van der Waals surface area contributed by atoms with Gasteiger partial charge in [0.2, 0.25) is 5.78 Å². The average molecular weight is 388 g/mol. The second-order valence-electron chi connectivity index (χ2n) is 9.06. The summed E-state index contributed by atoms with van der Waals surface area (Å²) in [6.45, 7) is 10.5. The molecule has 28 heavy (non-hydrogen) atoms. The monoisotopic (exact) mass is 388 g/mol. The maximum Gasteiger partial charge on any atom is 0.308 e. The molecule has 0 radical (unpaired) electrons. The summed E-state index contributed by atoms with van der Waals surface area (Å²) in [5.41, 5.74) is -0.428. The summed E-state index contributed by atoms with van der Waals surface area (Å²) in [6, 6.07) is 0. The van der Waals surface area contributed by atoms with Crippen LogP contribution in [0.3, 0.4) is 0 Å². The van der Waals surface area contributed by atoms with E-state index in [1.165, 1.54) is 6.92 Å². The zero-order chi connectivity index (χ0) is 21.2. The number of allylic oxidation sites excluding steroid dienone is 2. The van der Waals surface area contributed by atoms with Crippen LogP contribution in [0.5, 0.6) is 17.2 Å². The van der Waals surface area contributed by atoms with Gasteiger partial charge in [-0.25, -0.2) is 0 Å². The van der Waals surface area contributed by atoms with Crippen molar-refractivity contribution in [3.05, 3.63) is 28.0 Å². The topological polar surface area (TPSA) is 104 Å². The van der Waals surface area contributed by atoms with Crippen LogP contribution in [0.4, 0.5) is 0 Å². The standard InChI is InChI=1S/C22H28O6/c1-10(2)12-15(24)13-14(19(17(12)26)28-11(3)23)22(6)9-7-8-21(4,5)20(22)18(27)16(13)25/h10,24,26-27H,7-9H2,1-6H3/t22-/m0/s1. The maximum absolute atomic E-state index is 13.2. The number of ketones is 1. The summed E-state index contributed by atoms with van der Waals surface area (Å²) >= 11 is 0. The van der Waals surface area contributed by atoms with Crippen molar-refractivity contribution in [3.63, 3.8) is 0 Å². The van der Waals surface area contributed by atoms with Crippen LogP contribution >= 0.6 is 0 Å². The Hall–Kier alpha value is -2.50. The summed E-state index contributed by atoms with van der Waals surface area (Å²) in [7, 11) is 0. The van der Waals surface area contributed by atoms with Gasteiger partial charge in [-0.3, -0.25) is 9.59 Å². The largest absolute Gasteiger partial charge is 0.507 e. The molecule has 0 bridgehead atoms. The van der Waals surface area contributed by atoms with Gasteiger partial charge >= 0.3 is 5.97 Å². The van der Waals surface area contributed by atoms with Gasteiger partial charge in [0.15, 0.2) is 17.3 Å². The lowest BCUT2D eigenvalue weighted by Gasteiger charge is -2.49. The van der Waals surface area contributed by atoms with Crippen molar-refractivity contribution < 1.29 is 29.6 Å². The summed E-state index contributed by atoms with van der Waals surface area (Å²) in [5.74, 6) is -2.82. The maximum atomic E-state index is 13.2. The Balaban J connectivity index is 2.50. The molecular weight excluding hydrogens is 360 g/mol. The first-order valence-electron chi connectivity index (χ1n) is 9.64. The third kappa shape index (κ3) is 2.61. The van der Waals surface area contributed by atoms with E-state index in [1.807, 2.05) is 20.8 Å². The number of fused-ring (bicyclic) bond motifs is 3. The molecule has 1 atom stereocenters. The van der Waals surface area contributed by atoms with Crippen molar-refractivity contribution >= 4 is 11.8 Å². The zero-order valence-electron chi connectivity index (χ0n) is 17.3. The van der Waals surface area contributed by atoms with Crippen molar-refractivity contribution in [2.45, 2.75) is 72.1 Å². The molecular formula is C22H28O6. The highest BCUT2D eigenvalue weighted by molar-refractivity contribution is 6.14. The lowest BCUT2D eigenvalue weighted by atomic mass is 9.54. The minimum Gasteiger partial charge on any atom is -0.507 e. The molecule has 0 amide bonds. The first-order valence-corrected chi connectivity index (χ1v) is 9.64. The minimum absolute atomic E-state index is 0.0841. The number of aromatic hydroxyl groups is 2. The van der Waals surface area contributed by atoms with E-state index in [2.05, 4.69) is 0 Å². The Morgan fingerprint density at radius 1 is 1.07 bits per heavy atom. The summed E-state index contributed by atoms with van der Waals surface area (Å²) in [4.78, 5) is 25.0. The van der Waals surface area contributed by atoms with Crippen LogP contribution in [0, 0.1) is 5.41 Å². The van der Waals surface area contributed by atoms with E-state index in [9.17, 15) is 24.9 Å². The highest BCUT2D eigenvalue weighted by atomic mass is 16.5. The van der Waals surface area contributed by atoms with Crippen molar-refractivity contribution in [3.8, 4) is 17.2 Å². The van der Waals surface area contributed by atoms with E-state index in [-0.39, 0.29) is 45.6 Å². The molecule has 1 aromatic rings. The predicted molar refractivity (Wildman–Crippen MR) is 104 cm³/mol. The number of carbonyl (C=O) groups excluding carboxylic acids is 2. The number of hydrogen-bond donors (Lipinski definition) is 3. The third-order valence-corrected chi connectivity index (χ3v) is 6.20. The number of carbonyl (C=O) groups is 2. The Morgan fingerprint density at radius 2 is 1.68 bits per heavy atom. The zero-order valence-corrected chi connectivity index (χ0v) is 17.3. The van der Waals surface area contributed by atoms with E-state index < -0.39 is 22.6 Å². The van der Waals surface area contributed by atoms with Crippen molar-refractivity contribution in [2.24, 2.45) is 5.41 Å². The molecule has 0 spiro atoms. The van der Waals surface area contributed by atoms with Gasteiger partial charge < -0.3 is 20.1 Å². The quantitative estimate of drug-likeness (QED) is 0.504.